The highest BCUT2D eigenvalue weighted by Crippen LogP contribution is 2.26. The molecular weight excluding hydrogens is 244 g/mol. The normalized spacial score (nSPS) is 19.1. The molecule has 1 N–H and O–H groups in total. The third-order valence-corrected chi connectivity index (χ3v) is 3.30. The van der Waals surface area contributed by atoms with Gasteiger partial charge in [-0.05, 0) is 19.1 Å². The lowest BCUT2D eigenvalue weighted by Gasteiger charge is -2.32. The maximum absolute atomic E-state index is 12.5. The van der Waals surface area contributed by atoms with E-state index in [-0.39, 0.29) is 5.91 Å². The molecule has 5 heteroatoms. The van der Waals surface area contributed by atoms with E-state index in [1.165, 1.54) is 0 Å². The summed E-state index contributed by atoms with van der Waals surface area (Å²) in [5, 5.41) is 3.32. The summed E-state index contributed by atoms with van der Waals surface area (Å²) in [5.74, 6) is 1.24. The van der Waals surface area contributed by atoms with Crippen LogP contribution in [0.2, 0.25) is 0 Å². The van der Waals surface area contributed by atoms with Crippen molar-refractivity contribution in [3.8, 4) is 11.5 Å². The maximum Gasteiger partial charge on any atom is 0.257 e. The number of piperazine rings is 1. The van der Waals surface area contributed by atoms with Crippen LogP contribution < -0.4 is 14.8 Å². The number of nitrogens with one attached hydrogen (secondary N) is 1. The number of nitrogens with zero attached hydrogens (tertiary/aromatic N) is 1. The van der Waals surface area contributed by atoms with Gasteiger partial charge in [0.25, 0.3) is 5.91 Å². The molecule has 1 amide bonds. The van der Waals surface area contributed by atoms with Crippen molar-refractivity contribution in [3.63, 3.8) is 0 Å². The van der Waals surface area contributed by atoms with Crippen LogP contribution in [-0.2, 0) is 0 Å². The molecule has 5 nitrogen and oxygen atoms in total. The lowest BCUT2D eigenvalue weighted by Crippen LogP contribution is -2.51. The molecule has 0 spiro atoms. The molecule has 1 aliphatic rings. The predicted molar refractivity (Wildman–Crippen MR) is 72.9 cm³/mol. The third kappa shape index (κ3) is 2.98. The third-order valence-electron chi connectivity index (χ3n) is 3.30. The van der Waals surface area contributed by atoms with Gasteiger partial charge in [0.1, 0.15) is 11.5 Å². The minimum atomic E-state index is 0.00727. The Morgan fingerprint density at radius 3 is 2.79 bits per heavy atom. The molecule has 1 saturated heterocycles. The van der Waals surface area contributed by atoms with Gasteiger partial charge in [-0.1, -0.05) is 0 Å². The van der Waals surface area contributed by atoms with E-state index in [1.54, 1.807) is 32.4 Å². The van der Waals surface area contributed by atoms with Gasteiger partial charge >= 0.3 is 0 Å². The Morgan fingerprint density at radius 2 is 2.16 bits per heavy atom. The van der Waals surface area contributed by atoms with Crippen molar-refractivity contribution in [1.82, 2.24) is 10.2 Å². The van der Waals surface area contributed by atoms with E-state index in [0.717, 1.165) is 13.1 Å². The molecule has 104 valence electrons. The van der Waals surface area contributed by atoms with Crippen molar-refractivity contribution in [2.24, 2.45) is 0 Å². The van der Waals surface area contributed by atoms with E-state index in [0.29, 0.717) is 29.6 Å². The summed E-state index contributed by atoms with van der Waals surface area (Å²) in [7, 11) is 3.15. The lowest BCUT2D eigenvalue weighted by molar-refractivity contribution is 0.0705. The molecule has 1 unspecified atom stereocenters. The van der Waals surface area contributed by atoms with E-state index < -0.39 is 0 Å². The summed E-state index contributed by atoms with van der Waals surface area (Å²) in [6, 6.07) is 5.59. The maximum atomic E-state index is 12.5. The molecule has 0 radical (unpaired) electrons. The number of carbonyl (C=O) groups excluding carboxylic acids is 1. The Labute approximate surface area is 113 Å². The average Bonchev–Trinajstić information content (AvgIpc) is 2.45. The van der Waals surface area contributed by atoms with Crippen LogP contribution in [0.5, 0.6) is 11.5 Å². The molecule has 0 aliphatic carbocycles. The second kappa shape index (κ2) is 5.93. The van der Waals surface area contributed by atoms with E-state index in [1.807, 2.05) is 4.90 Å². The van der Waals surface area contributed by atoms with Crippen LogP contribution in [0.25, 0.3) is 0 Å². The highest BCUT2D eigenvalue weighted by atomic mass is 16.5. The zero-order valence-electron chi connectivity index (χ0n) is 11.6. The molecule has 0 bridgehead atoms. The van der Waals surface area contributed by atoms with Crippen LogP contribution >= 0.6 is 0 Å². The van der Waals surface area contributed by atoms with E-state index in [9.17, 15) is 4.79 Å². The number of benzene rings is 1. The first-order valence-electron chi connectivity index (χ1n) is 6.40. The zero-order valence-corrected chi connectivity index (χ0v) is 11.6. The summed E-state index contributed by atoms with van der Waals surface area (Å²) in [6.07, 6.45) is 0. The Morgan fingerprint density at radius 1 is 1.37 bits per heavy atom. The average molecular weight is 264 g/mol. The number of methoxy groups -OCH3 is 2. The number of amides is 1. The molecule has 1 fully saturated rings. The predicted octanol–water partition coefficient (Wildman–Crippen LogP) is 1.14. The summed E-state index contributed by atoms with van der Waals surface area (Å²) < 4.78 is 10.4. The van der Waals surface area contributed by atoms with Gasteiger partial charge in [-0.2, -0.15) is 0 Å². The standard InChI is InChI=1S/C14H20N2O3/c1-10-9-16(7-6-15-10)14(17)12-5-4-11(18-2)8-13(12)19-3/h4-5,8,10,15H,6-7,9H2,1-3H3. The van der Waals surface area contributed by atoms with Crippen molar-refractivity contribution in [2.45, 2.75) is 13.0 Å². The smallest absolute Gasteiger partial charge is 0.257 e. The first kappa shape index (κ1) is 13.7. The van der Waals surface area contributed by atoms with Gasteiger partial charge in [0.2, 0.25) is 0 Å². The van der Waals surface area contributed by atoms with Crippen LogP contribution in [-0.4, -0.2) is 50.7 Å². The van der Waals surface area contributed by atoms with E-state index in [2.05, 4.69) is 12.2 Å². The summed E-state index contributed by atoms with van der Waals surface area (Å²) in [5.41, 5.74) is 0.581. The highest BCUT2D eigenvalue weighted by molar-refractivity contribution is 5.97. The Balaban J connectivity index is 2.22. The lowest BCUT2D eigenvalue weighted by atomic mass is 10.1. The van der Waals surface area contributed by atoms with Crippen molar-refractivity contribution < 1.29 is 14.3 Å². The Kier molecular flexibility index (Phi) is 4.27. The minimum absolute atomic E-state index is 0.00727. The van der Waals surface area contributed by atoms with E-state index >= 15 is 0 Å². The van der Waals surface area contributed by atoms with Gasteiger partial charge in [0.05, 0.1) is 19.8 Å². The summed E-state index contributed by atoms with van der Waals surface area (Å²) >= 11 is 0. The van der Waals surface area contributed by atoms with Gasteiger partial charge in [0.15, 0.2) is 0 Å². The van der Waals surface area contributed by atoms with Crippen LogP contribution in [0.15, 0.2) is 18.2 Å². The number of ether oxygens (including phenoxy) is 2. The number of rotatable bonds is 3. The Bertz CT molecular complexity index is 462. The topological polar surface area (TPSA) is 50.8 Å². The molecule has 0 saturated carbocycles. The highest BCUT2D eigenvalue weighted by Gasteiger charge is 2.24. The largest absolute Gasteiger partial charge is 0.497 e. The van der Waals surface area contributed by atoms with Crippen molar-refractivity contribution in [1.29, 1.82) is 0 Å². The number of hydrogen-bond donors (Lipinski definition) is 1. The fourth-order valence-corrected chi connectivity index (χ4v) is 2.26. The van der Waals surface area contributed by atoms with Gasteiger partial charge < -0.3 is 19.7 Å². The molecule has 1 aromatic carbocycles. The van der Waals surface area contributed by atoms with Gasteiger partial charge in [-0.15, -0.1) is 0 Å². The van der Waals surface area contributed by atoms with Crippen LogP contribution in [0.4, 0.5) is 0 Å². The first-order chi connectivity index (χ1) is 9.15. The van der Waals surface area contributed by atoms with E-state index in [4.69, 9.17) is 9.47 Å². The Hall–Kier alpha value is -1.75. The first-order valence-corrected chi connectivity index (χ1v) is 6.40. The minimum Gasteiger partial charge on any atom is -0.497 e. The molecular formula is C14H20N2O3. The summed E-state index contributed by atoms with van der Waals surface area (Å²) in [4.78, 5) is 14.4. The molecule has 0 aromatic heterocycles. The van der Waals surface area contributed by atoms with Crippen LogP contribution in [0, 0.1) is 0 Å². The summed E-state index contributed by atoms with van der Waals surface area (Å²) in [6.45, 7) is 4.34. The van der Waals surface area contributed by atoms with Crippen LogP contribution in [0.3, 0.4) is 0 Å². The monoisotopic (exact) mass is 264 g/mol. The second-order valence-corrected chi connectivity index (χ2v) is 4.67. The van der Waals surface area contributed by atoms with Crippen molar-refractivity contribution >= 4 is 5.91 Å². The molecule has 1 aromatic rings. The van der Waals surface area contributed by atoms with Gasteiger partial charge in [-0.25, -0.2) is 0 Å². The van der Waals surface area contributed by atoms with Gasteiger partial charge in [-0.3, -0.25) is 4.79 Å². The molecule has 1 atom stereocenters. The molecule has 19 heavy (non-hydrogen) atoms. The number of carbonyl (C=O) groups is 1. The zero-order chi connectivity index (χ0) is 13.8. The number of hydrogen-bond acceptors (Lipinski definition) is 4. The molecule has 1 heterocycles. The second-order valence-electron chi connectivity index (χ2n) is 4.67. The molecule has 2 rings (SSSR count). The molecule has 1 aliphatic heterocycles. The quantitative estimate of drug-likeness (QED) is 0.889. The fourth-order valence-electron chi connectivity index (χ4n) is 2.26. The van der Waals surface area contributed by atoms with Crippen molar-refractivity contribution in [2.75, 3.05) is 33.9 Å². The van der Waals surface area contributed by atoms with Gasteiger partial charge in [0, 0.05) is 31.7 Å². The SMILES string of the molecule is COc1ccc(C(=O)N2CCNC(C)C2)c(OC)c1. The fraction of sp³-hybridized carbons (Fsp3) is 0.500. The van der Waals surface area contributed by atoms with Crippen LogP contribution in [0.1, 0.15) is 17.3 Å². The van der Waals surface area contributed by atoms with Crippen molar-refractivity contribution in [3.05, 3.63) is 23.8 Å².